The van der Waals surface area contributed by atoms with E-state index >= 15 is 0 Å². The van der Waals surface area contributed by atoms with Crippen LogP contribution < -0.4 is 11.1 Å². The summed E-state index contributed by atoms with van der Waals surface area (Å²) < 4.78 is 0. The molecule has 0 spiro atoms. The molecule has 3 N–H and O–H groups in total. The molecule has 2 rings (SSSR count). The van der Waals surface area contributed by atoms with Crippen LogP contribution in [0.5, 0.6) is 0 Å². The zero-order valence-corrected chi connectivity index (χ0v) is 14.0. The van der Waals surface area contributed by atoms with E-state index in [4.69, 9.17) is 18.0 Å². The van der Waals surface area contributed by atoms with Crippen LogP contribution in [0.25, 0.3) is 0 Å². The lowest BCUT2D eigenvalue weighted by Crippen LogP contribution is -2.15. The van der Waals surface area contributed by atoms with E-state index in [0.717, 1.165) is 28.4 Å². The van der Waals surface area contributed by atoms with Gasteiger partial charge in [0.1, 0.15) is 4.99 Å². The average molecular weight is 316 g/mol. The fourth-order valence-corrected chi connectivity index (χ4v) is 3.34. The van der Waals surface area contributed by atoms with Gasteiger partial charge in [-0.3, -0.25) is 0 Å². The number of thioether (sulfide) groups is 1. The molecule has 0 fully saturated rings. The summed E-state index contributed by atoms with van der Waals surface area (Å²) >= 11 is 6.99. The third kappa shape index (κ3) is 3.99. The molecule has 0 saturated carbocycles. The summed E-state index contributed by atoms with van der Waals surface area (Å²) in [6.45, 7) is 5.01. The molecule has 0 radical (unpaired) electrons. The number of aryl methyl sites for hydroxylation is 1. The molecule has 0 bridgehead atoms. The van der Waals surface area contributed by atoms with Gasteiger partial charge in [0.2, 0.25) is 0 Å². The molecule has 0 saturated heterocycles. The van der Waals surface area contributed by atoms with Crippen molar-refractivity contribution < 1.29 is 0 Å². The van der Waals surface area contributed by atoms with Crippen molar-refractivity contribution in [1.29, 1.82) is 0 Å². The first-order valence-corrected chi connectivity index (χ1v) is 8.37. The minimum absolute atomic E-state index is 0.443. The Morgan fingerprint density at radius 1 is 1.19 bits per heavy atom. The van der Waals surface area contributed by atoms with Crippen molar-refractivity contribution in [2.75, 3.05) is 11.1 Å². The Labute approximate surface area is 136 Å². The number of anilines is 1. The van der Waals surface area contributed by atoms with Crippen molar-refractivity contribution >= 4 is 34.7 Å². The van der Waals surface area contributed by atoms with E-state index in [1.54, 1.807) is 11.8 Å². The smallest absolute Gasteiger partial charge is 0.107 e. The lowest BCUT2D eigenvalue weighted by molar-refractivity contribution is 1.11. The predicted molar refractivity (Wildman–Crippen MR) is 97.2 cm³/mol. The van der Waals surface area contributed by atoms with Crippen molar-refractivity contribution in [3.8, 4) is 0 Å². The number of benzene rings is 2. The first-order chi connectivity index (χ1) is 10.1. The largest absolute Gasteiger partial charge is 0.389 e. The van der Waals surface area contributed by atoms with Gasteiger partial charge < -0.3 is 11.1 Å². The normalized spacial score (nSPS) is 10.4. The van der Waals surface area contributed by atoms with E-state index in [2.05, 4.69) is 49.5 Å². The van der Waals surface area contributed by atoms with Crippen LogP contribution in [0.1, 0.15) is 23.6 Å². The molecule has 2 aromatic rings. The van der Waals surface area contributed by atoms with Crippen molar-refractivity contribution in [2.45, 2.75) is 25.3 Å². The molecule has 0 aliphatic carbocycles. The molecule has 0 aliphatic rings. The van der Waals surface area contributed by atoms with Gasteiger partial charge in [0, 0.05) is 22.7 Å². The number of hydrogen-bond acceptors (Lipinski definition) is 3. The zero-order chi connectivity index (χ0) is 15.2. The Hall–Kier alpha value is -1.52. The molecule has 0 aliphatic heterocycles. The predicted octanol–water partition coefficient (Wildman–Crippen LogP) is 4.35. The average Bonchev–Trinajstić information content (AvgIpc) is 2.46. The topological polar surface area (TPSA) is 38.0 Å². The molecule has 4 heteroatoms. The molecule has 0 atom stereocenters. The SMILES string of the molecule is CCSc1cccc(NCc2ccccc2C)c1C(N)=S. The van der Waals surface area contributed by atoms with Crippen LogP contribution >= 0.6 is 24.0 Å². The summed E-state index contributed by atoms with van der Waals surface area (Å²) in [6, 6.07) is 14.5. The number of nitrogens with one attached hydrogen (secondary N) is 1. The Morgan fingerprint density at radius 3 is 2.62 bits per heavy atom. The monoisotopic (exact) mass is 316 g/mol. The Kier molecular flexibility index (Phi) is 5.65. The highest BCUT2D eigenvalue weighted by molar-refractivity contribution is 7.99. The van der Waals surface area contributed by atoms with Crippen molar-refractivity contribution in [1.82, 2.24) is 0 Å². The quantitative estimate of drug-likeness (QED) is 0.614. The third-order valence-corrected chi connectivity index (χ3v) is 4.45. The van der Waals surface area contributed by atoms with Crippen LogP contribution in [-0.2, 0) is 6.54 Å². The Balaban J connectivity index is 2.25. The molecule has 110 valence electrons. The standard InChI is InChI=1S/C17H20N2S2/c1-3-21-15-10-6-9-14(16(15)17(18)20)19-11-13-8-5-4-7-12(13)2/h4-10,19H,3,11H2,1-2H3,(H2,18,20). The minimum atomic E-state index is 0.443. The van der Waals surface area contributed by atoms with Gasteiger partial charge in [-0.25, -0.2) is 0 Å². The van der Waals surface area contributed by atoms with Crippen LogP contribution in [0, 0.1) is 6.92 Å². The lowest BCUT2D eigenvalue weighted by atomic mass is 10.1. The maximum absolute atomic E-state index is 5.92. The lowest BCUT2D eigenvalue weighted by Gasteiger charge is -2.15. The molecule has 0 amide bonds. The van der Waals surface area contributed by atoms with Gasteiger partial charge in [0.25, 0.3) is 0 Å². The number of hydrogen-bond donors (Lipinski definition) is 2. The molecule has 21 heavy (non-hydrogen) atoms. The Bertz CT molecular complexity index is 638. The second kappa shape index (κ2) is 7.48. The van der Waals surface area contributed by atoms with E-state index in [-0.39, 0.29) is 0 Å². The number of nitrogens with two attached hydrogens (primary N) is 1. The van der Waals surface area contributed by atoms with Crippen LogP contribution in [0.2, 0.25) is 0 Å². The molecule has 0 aromatic heterocycles. The fraction of sp³-hybridized carbons (Fsp3) is 0.235. The molecular formula is C17H20N2S2. The summed E-state index contributed by atoms with van der Waals surface area (Å²) in [5.74, 6) is 0.997. The molecule has 0 heterocycles. The van der Waals surface area contributed by atoms with Gasteiger partial charge in [0.15, 0.2) is 0 Å². The molecule has 2 nitrogen and oxygen atoms in total. The molecule has 2 aromatic carbocycles. The van der Waals surface area contributed by atoms with Gasteiger partial charge in [-0.15, -0.1) is 11.8 Å². The summed E-state index contributed by atoms with van der Waals surface area (Å²) in [4.78, 5) is 1.58. The van der Waals surface area contributed by atoms with Crippen LogP contribution in [0.3, 0.4) is 0 Å². The second-order valence-electron chi connectivity index (χ2n) is 4.76. The first kappa shape index (κ1) is 15.9. The third-order valence-electron chi connectivity index (χ3n) is 3.30. The number of thiocarbonyl (C=S) groups is 1. The van der Waals surface area contributed by atoms with Gasteiger partial charge in [0.05, 0.1) is 0 Å². The summed E-state index contributed by atoms with van der Waals surface area (Å²) in [6.07, 6.45) is 0. The van der Waals surface area contributed by atoms with E-state index in [9.17, 15) is 0 Å². The molecular weight excluding hydrogens is 296 g/mol. The summed E-state index contributed by atoms with van der Waals surface area (Å²) in [7, 11) is 0. The van der Waals surface area contributed by atoms with Gasteiger partial charge in [-0.2, -0.15) is 0 Å². The number of rotatable bonds is 6. The first-order valence-electron chi connectivity index (χ1n) is 6.97. The fourth-order valence-electron chi connectivity index (χ4n) is 2.21. The van der Waals surface area contributed by atoms with Gasteiger partial charge in [-0.05, 0) is 35.9 Å². The van der Waals surface area contributed by atoms with E-state index < -0.39 is 0 Å². The van der Waals surface area contributed by atoms with E-state index in [1.165, 1.54) is 11.1 Å². The summed E-state index contributed by atoms with van der Waals surface area (Å²) in [5.41, 5.74) is 10.4. The second-order valence-corrected chi connectivity index (χ2v) is 6.50. The van der Waals surface area contributed by atoms with Crippen molar-refractivity contribution in [3.05, 3.63) is 59.2 Å². The van der Waals surface area contributed by atoms with Crippen molar-refractivity contribution in [2.24, 2.45) is 5.73 Å². The van der Waals surface area contributed by atoms with Crippen molar-refractivity contribution in [3.63, 3.8) is 0 Å². The highest BCUT2D eigenvalue weighted by Gasteiger charge is 2.11. The highest BCUT2D eigenvalue weighted by atomic mass is 32.2. The van der Waals surface area contributed by atoms with Gasteiger partial charge in [-0.1, -0.05) is 49.5 Å². The maximum atomic E-state index is 5.92. The van der Waals surface area contributed by atoms with Crippen LogP contribution in [0.15, 0.2) is 47.4 Å². The zero-order valence-electron chi connectivity index (χ0n) is 12.3. The minimum Gasteiger partial charge on any atom is -0.389 e. The maximum Gasteiger partial charge on any atom is 0.107 e. The van der Waals surface area contributed by atoms with Gasteiger partial charge >= 0.3 is 0 Å². The summed E-state index contributed by atoms with van der Waals surface area (Å²) in [5, 5.41) is 3.47. The molecule has 0 unspecified atom stereocenters. The van der Waals surface area contributed by atoms with E-state index in [0.29, 0.717) is 4.99 Å². The van der Waals surface area contributed by atoms with E-state index in [1.807, 2.05) is 12.1 Å². The van der Waals surface area contributed by atoms with Crippen LogP contribution in [-0.4, -0.2) is 10.7 Å². The Morgan fingerprint density at radius 2 is 1.95 bits per heavy atom. The highest BCUT2D eigenvalue weighted by Crippen LogP contribution is 2.29. The van der Waals surface area contributed by atoms with Crippen LogP contribution in [0.4, 0.5) is 5.69 Å².